The number of nitrogens with one attached hydrogen (secondary N) is 1. The van der Waals surface area contributed by atoms with E-state index in [-0.39, 0.29) is 36.0 Å². The van der Waals surface area contributed by atoms with E-state index in [1.54, 1.807) is 35.8 Å². The molecule has 0 aliphatic heterocycles. The number of esters is 1. The summed E-state index contributed by atoms with van der Waals surface area (Å²) in [4.78, 5) is 25.4. The van der Waals surface area contributed by atoms with Gasteiger partial charge in [-0.2, -0.15) is 4.68 Å². The Morgan fingerprint density at radius 1 is 1.09 bits per heavy atom. The third-order valence-electron chi connectivity index (χ3n) is 7.13. The van der Waals surface area contributed by atoms with Gasteiger partial charge >= 0.3 is 11.7 Å². The third kappa shape index (κ3) is 5.03. The van der Waals surface area contributed by atoms with E-state index in [1.165, 1.54) is 23.9 Å². The van der Waals surface area contributed by atoms with Crippen molar-refractivity contribution in [1.82, 2.24) is 14.3 Å². The lowest BCUT2D eigenvalue weighted by Crippen LogP contribution is -2.24. The molecule has 3 aromatic rings. The van der Waals surface area contributed by atoms with Crippen LogP contribution in [0.3, 0.4) is 0 Å². The van der Waals surface area contributed by atoms with Crippen LogP contribution in [0.15, 0.2) is 53.3 Å². The number of carbonyl (C=O) groups excluding carboxylic acids is 1. The molecule has 5 rings (SSSR count). The van der Waals surface area contributed by atoms with Gasteiger partial charge in [0, 0.05) is 12.0 Å². The third-order valence-corrected chi connectivity index (χ3v) is 7.13. The van der Waals surface area contributed by atoms with E-state index in [4.69, 9.17) is 15.9 Å². The summed E-state index contributed by atoms with van der Waals surface area (Å²) in [5.74, 6) is 1.74. The van der Waals surface area contributed by atoms with Crippen LogP contribution in [0.4, 0.5) is 0 Å². The fraction of sp³-hybridized carbons (Fsp3) is 0.385. The quantitative estimate of drug-likeness (QED) is 0.294. The topological polar surface area (TPSA) is 116 Å². The predicted octanol–water partition coefficient (Wildman–Crippen LogP) is 3.70. The van der Waals surface area contributed by atoms with Crippen molar-refractivity contribution in [1.29, 1.82) is 5.41 Å². The molecule has 35 heavy (non-hydrogen) atoms. The summed E-state index contributed by atoms with van der Waals surface area (Å²) in [5, 5.41) is 11.9. The summed E-state index contributed by atoms with van der Waals surface area (Å²) in [5.41, 5.74) is 8.14. The first-order chi connectivity index (χ1) is 16.4. The molecule has 0 amide bonds. The van der Waals surface area contributed by atoms with E-state index in [0.717, 1.165) is 17.9 Å². The Hall–Kier alpha value is -3.39. The van der Waals surface area contributed by atoms with E-state index in [0.29, 0.717) is 41.5 Å². The van der Waals surface area contributed by atoms with Crippen LogP contribution < -0.4 is 11.4 Å². The standard InChI is InChI=1S/C26H29N5O3.ClH/c1-16-29-31(22-11-7-19(8-12-22)25(27)28)26(33)30(16)21-9-3-17(4-10-21)5-13-24(32)34-23-15-18-2-6-20(23)14-18;/h3-4,7-12,18,20,23H,2,5-6,13-15H2,1H3,(H3,27,28);1H. The molecule has 3 atom stereocenters. The van der Waals surface area contributed by atoms with Gasteiger partial charge in [0.2, 0.25) is 0 Å². The number of fused-ring (bicyclic) bond motifs is 2. The van der Waals surface area contributed by atoms with Crippen molar-refractivity contribution < 1.29 is 9.53 Å². The minimum absolute atomic E-state index is 0. The number of ether oxygens (including phenoxy) is 1. The Labute approximate surface area is 210 Å². The highest BCUT2D eigenvalue weighted by molar-refractivity contribution is 5.95. The van der Waals surface area contributed by atoms with Gasteiger partial charge in [-0.1, -0.05) is 12.1 Å². The number of aryl methyl sites for hydroxylation is 2. The second-order valence-electron chi connectivity index (χ2n) is 9.41. The van der Waals surface area contributed by atoms with Gasteiger partial charge in [-0.3, -0.25) is 10.2 Å². The number of hydrogen-bond acceptors (Lipinski definition) is 5. The molecule has 2 fully saturated rings. The average Bonchev–Trinajstić information content (AvgIpc) is 3.53. The number of aromatic nitrogens is 3. The van der Waals surface area contributed by atoms with Crippen LogP contribution in [0.5, 0.6) is 0 Å². The van der Waals surface area contributed by atoms with Crippen molar-refractivity contribution in [3.8, 4) is 11.4 Å². The van der Waals surface area contributed by atoms with E-state index in [1.807, 2.05) is 24.3 Å². The van der Waals surface area contributed by atoms with E-state index in [2.05, 4.69) is 5.10 Å². The van der Waals surface area contributed by atoms with E-state index in [9.17, 15) is 9.59 Å². The van der Waals surface area contributed by atoms with Gasteiger partial charge in [0.1, 0.15) is 17.8 Å². The SMILES string of the molecule is Cc1nn(-c2ccc(C(=N)N)cc2)c(=O)n1-c1ccc(CCC(=O)OC2CC3CCC2C3)cc1.Cl. The molecule has 2 aromatic carbocycles. The van der Waals surface area contributed by atoms with Crippen LogP contribution in [0, 0.1) is 24.2 Å². The molecular formula is C26H30ClN5O3. The maximum absolute atomic E-state index is 13.1. The first kappa shape index (κ1) is 24.7. The van der Waals surface area contributed by atoms with Crippen LogP contribution in [0.25, 0.3) is 11.4 Å². The first-order valence-corrected chi connectivity index (χ1v) is 11.8. The zero-order valence-corrected chi connectivity index (χ0v) is 20.5. The fourth-order valence-corrected chi connectivity index (χ4v) is 5.33. The number of benzene rings is 2. The molecule has 0 radical (unpaired) electrons. The van der Waals surface area contributed by atoms with Gasteiger partial charge in [0.05, 0.1) is 11.4 Å². The zero-order chi connectivity index (χ0) is 23.8. The molecular weight excluding hydrogens is 466 g/mol. The molecule has 8 nitrogen and oxygen atoms in total. The number of nitrogens with two attached hydrogens (primary N) is 1. The number of halogens is 1. The fourth-order valence-electron chi connectivity index (χ4n) is 5.33. The van der Waals surface area contributed by atoms with Crippen LogP contribution in [-0.4, -0.2) is 32.3 Å². The molecule has 0 spiro atoms. The summed E-state index contributed by atoms with van der Waals surface area (Å²) in [7, 11) is 0. The van der Waals surface area contributed by atoms with Crippen molar-refractivity contribution in [3.63, 3.8) is 0 Å². The van der Waals surface area contributed by atoms with Gasteiger partial charge in [-0.25, -0.2) is 9.36 Å². The van der Waals surface area contributed by atoms with Crippen LogP contribution >= 0.6 is 12.4 Å². The maximum atomic E-state index is 13.1. The van der Waals surface area contributed by atoms with Crippen molar-refractivity contribution in [2.24, 2.45) is 17.6 Å². The molecule has 9 heteroatoms. The molecule has 2 bridgehead atoms. The number of nitrogen functional groups attached to an aromatic ring is 1. The number of nitrogens with zero attached hydrogens (tertiary/aromatic N) is 3. The largest absolute Gasteiger partial charge is 0.462 e. The molecule has 0 saturated heterocycles. The predicted molar refractivity (Wildman–Crippen MR) is 136 cm³/mol. The Morgan fingerprint density at radius 2 is 1.77 bits per heavy atom. The van der Waals surface area contributed by atoms with Crippen molar-refractivity contribution >= 4 is 24.2 Å². The van der Waals surface area contributed by atoms with Crippen molar-refractivity contribution in [2.75, 3.05) is 0 Å². The summed E-state index contributed by atoms with van der Waals surface area (Å²) >= 11 is 0. The van der Waals surface area contributed by atoms with Gasteiger partial charge in [0.15, 0.2) is 0 Å². The first-order valence-electron chi connectivity index (χ1n) is 11.8. The maximum Gasteiger partial charge on any atom is 0.355 e. The molecule has 1 aromatic heterocycles. The number of amidine groups is 1. The van der Waals surface area contributed by atoms with Gasteiger partial charge in [-0.05, 0) is 92.8 Å². The van der Waals surface area contributed by atoms with Gasteiger partial charge in [-0.15, -0.1) is 17.5 Å². The number of hydrogen-bond donors (Lipinski definition) is 2. The lowest BCUT2D eigenvalue weighted by atomic mass is 9.98. The Balaban J connectivity index is 0.00000289. The smallest absolute Gasteiger partial charge is 0.355 e. The molecule has 2 aliphatic carbocycles. The highest BCUT2D eigenvalue weighted by atomic mass is 35.5. The minimum Gasteiger partial charge on any atom is -0.462 e. The zero-order valence-electron chi connectivity index (χ0n) is 19.6. The number of rotatable bonds is 7. The highest BCUT2D eigenvalue weighted by Gasteiger charge is 2.41. The lowest BCUT2D eigenvalue weighted by Gasteiger charge is -2.21. The molecule has 3 N–H and O–H groups in total. The minimum atomic E-state index is -0.282. The summed E-state index contributed by atoms with van der Waals surface area (Å²) in [6, 6.07) is 14.4. The molecule has 1 heterocycles. The van der Waals surface area contributed by atoms with E-state index < -0.39 is 0 Å². The van der Waals surface area contributed by atoms with Gasteiger partial charge < -0.3 is 10.5 Å². The van der Waals surface area contributed by atoms with Gasteiger partial charge in [0.25, 0.3) is 0 Å². The normalized spacial score (nSPS) is 20.4. The Kier molecular flexibility index (Phi) is 7.12. The highest BCUT2D eigenvalue weighted by Crippen LogP contribution is 2.45. The second kappa shape index (κ2) is 10.1. The van der Waals surface area contributed by atoms with Crippen LogP contribution in [-0.2, 0) is 16.0 Å². The summed E-state index contributed by atoms with van der Waals surface area (Å²) in [6.07, 6.45) is 5.84. The molecule has 2 saturated carbocycles. The molecule has 2 aliphatic rings. The van der Waals surface area contributed by atoms with E-state index >= 15 is 0 Å². The summed E-state index contributed by atoms with van der Waals surface area (Å²) < 4.78 is 8.62. The Bertz CT molecular complexity index is 1280. The number of carbonyl (C=O) groups is 1. The lowest BCUT2D eigenvalue weighted by molar-refractivity contribution is -0.151. The monoisotopic (exact) mass is 495 g/mol. The molecule has 184 valence electrons. The van der Waals surface area contributed by atoms with Crippen LogP contribution in [0.1, 0.15) is 49.1 Å². The van der Waals surface area contributed by atoms with Crippen molar-refractivity contribution in [2.45, 2.75) is 51.6 Å². The summed E-state index contributed by atoms with van der Waals surface area (Å²) in [6.45, 7) is 1.78. The second-order valence-corrected chi connectivity index (χ2v) is 9.41. The van der Waals surface area contributed by atoms with Crippen LogP contribution in [0.2, 0.25) is 0 Å². The van der Waals surface area contributed by atoms with Crippen molar-refractivity contribution in [3.05, 3.63) is 76.0 Å². The molecule has 3 unspecified atom stereocenters. The average molecular weight is 496 g/mol. The Morgan fingerprint density at radius 3 is 2.37 bits per heavy atom.